The molecule has 1 aliphatic rings. The van der Waals surface area contributed by atoms with E-state index < -0.39 is 42.9 Å². The number of urea groups is 1. The van der Waals surface area contributed by atoms with E-state index in [-0.39, 0.29) is 13.1 Å². The fraction of sp³-hybridized carbons (Fsp3) is 0.444. The Morgan fingerprint density at radius 2 is 1.79 bits per heavy atom. The normalized spacial score (nSPS) is 14.8. The molecule has 0 aromatic carbocycles. The molecule has 1 fully saturated rings. The van der Waals surface area contributed by atoms with Crippen LogP contribution in [0.1, 0.15) is 0 Å². The van der Waals surface area contributed by atoms with Crippen LogP contribution in [0, 0.1) is 0 Å². The van der Waals surface area contributed by atoms with Crippen molar-refractivity contribution in [3.8, 4) is 0 Å². The van der Waals surface area contributed by atoms with Crippen molar-refractivity contribution in [3.63, 3.8) is 0 Å². The number of nitrogens with zero attached hydrogens (tertiary/aromatic N) is 1. The quantitative estimate of drug-likeness (QED) is 0.472. The van der Waals surface area contributed by atoms with E-state index in [0.717, 1.165) is 4.90 Å². The summed E-state index contributed by atoms with van der Waals surface area (Å²) in [6.07, 6.45) is 0. The molecule has 10 heteroatoms. The molecule has 1 aliphatic heterocycles. The number of ether oxygens (including phenoxy) is 1. The van der Waals surface area contributed by atoms with E-state index in [1.807, 2.05) is 10.6 Å². The van der Waals surface area contributed by atoms with Crippen LogP contribution in [0.5, 0.6) is 0 Å². The van der Waals surface area contributed by atoms with Gasteiger partial charge in [-0.1, -0.05) is 0 Å². The lowest BCUT2D eigenvalue weighted by Gasteiger charge is -2.25. The summed E-state index contributed by atoms with van der Waals surface area (Å²) in [5.41, 5.74) is 0. The van der Waals surface area contributed by atoms with Crippen LogP contribution >= 0.6 is 0 Å². The average Bonchev–Trinajstić information content (AvgIpc) is 2.26. The first-order chi connectivity index (χ1) is 8.88. The number of carboxylic acids is 1. The first-order valence-electron chi connectivity index (χ1n) is 5.09. The standard InChI is InChI=1S/C9H11N3O7/c13-5-1-12(2-6(14)10-5)9(18)11-7(15)3-19-4-8(16)17/h1-4H2,(H,16,17)(H,10,13,14)(H,11,15,18). The van der Waals surface area contributed by atoms with Crippen molar-refractivity contribution in [2.24, 2.45) is 0 Å². The van der Waals surface area contributed by atoms with Crippen LogP contribution in [-0.2, 0) is 23.9 Å². The summed E-state index contributed by atoms with van der Waals surface area (Å²) in [4.78, 5) is 55.6. The van der Waals surface area contributed by atoms with Crippen molar-refractivity contribution in [2.45, 2.75) is 0 Å². The molecule has 5 amide bonds. The molecule has 0 spiro atoms. The van der Waals surface area contributed by atoms with Crippen LogP contribution in [0.25, 0.3) is 0 Å². The Balaban J connectivity index is 2.37. The van der Waals surface area contributed by atoms with Gasteiger partial charge in [0.15, 0.2) is 0 Å². The number of carbonyl (C=O) groups is 5. The molecule has 1 rings (SSSR count). The molecule has 0 aliphatic carbocycles. The third-order valence-electron chi connectivity index (χ3n) is 1.94. The number of nitrogens with one attached hydrogen (secondary N) is 2. The lowest BCUT2D eigenvalue weighted by atomic mass is 10.3. The second kappa shape index (κ2) is 6.44. The summed E-state index contributed by atoms with van der Waals surface area (Å²) in [6.45, 7) is -1.99. The Hall–Kier alpha value is -2.49. The SMILES string of the molecule is O=C(O)COCC(=O)NC(=O)N1CC(=O)NC(=O)C1. The van der Waals surface area contributed by atoms with Gasteiger partial charge in [-0.25, -0.2) is 9.59 Å². The van der Waals surface area contributed by atoms with E-state index in [2.05, 4.69) is 4.74 Å². The molecule has 0 radical (unpaired) electrons. The maximum Gasteiger partial charge on any atom is 0.329 e. The third kappa shape index (κ3) is 5.12. The van der Waals surface area contributed by atoms with Gasteiger partial charge in [-0.15, -0.1) is 0 Å². The van der Waals surface area contributed by atoms with Gasteiger partial charge in [-0.05, 0) is 0 Å². The van der Waals surface area contributed by atoms with Gasteiger partial charge in [0.1, 0.15) is 26.3 Å². The highest BCUT2D eigenvalue weighted by Crippen LogP contribution is 1.95. The number of piperazine rings is 1. The molecule has 10 nitrogen and oxygen atoms in total. The fourth-order valence-corrected chi connectivity index (χ4v) is 1.25. The number of rotatable bonds is 4. The van der Waals surface area contributed by atoms with Crippen LogP contribution in [0.2, 0.25) is 0 Å². The van der Waals surface area contributed by atoms with Crippen molar-refractivity contribution in [1.82, 2.24) is 15.5 Å². The van der Waals surface area contributed by atoms with Gasteiger partial charge in [-0.2, -0.15) is 0 Å². The summed E-state index contributed by atoms with van der Waals surface area (Å²) in [7, 11) is 0. The van der Waals surface area contributed by atoms with Crippen LogP contribution in [0.4, 0.5) is 4.79 Å². The molecule has 1 heterocycles. The van der Waals surface area contributed by atoms with Gasteiger partial charge < -0.3 is 14.7 Å². The highest BCUT2D eigenvalue weighted by molar-refractivity contribution is 6.04. The first-order valence-corrected chi connectivity index (χ1v) is 5.09. The van der Waals surface area contributed by atoms with E-state index in [1.54, 1.807) is 0 Å². The van der Waals surface area contributed by atoms with Crippen molar-refractivity contribution >= 4 is 29.7 Å². The van der Waals surface area contributed by atoms with Crippen LogP contribution < -0.4 is 10.6 Å². The Labute approximate surface area is 106 Å². The summed E-state index contributed by atoms with van der Waals surface area (Å²) >= 11 is 0. The van der Waals surface area contributed by atoms with E-state index >= 15 is 0 Å². The van der Waals surface area contributed by atoms with Crippen LogP contribution in [-0.4, -0.2) is 66.0 Å². The molecule has 0 bridgehead atoms. The second-order valence-electron chi connectivity index (χ2n) is 3.57. The van der Waals surface area contributed by atoms with Crippen LogP contribution in [0.15, 0.2) is 0 Å². The van der Waals surface area contributed by atoms with Gasteiger partial charge in [-0.3, -0.25) is 25.0 Å². The molecule has 0 saturated carbocycles. The lowest BCUT2D eigenvalue weighted by molar-refractivity contribution is -0.143. The Bertz CT molecular complexity index is 418. The fourth-order valence-electron chi connectivity index (χ4n) is 1.25. The zero-order valence-corrected chi connectivity index (χ0v) is 9.67. The van der Waals surface area contributed by atoms with Crippen molar-refractivity contribution in [3.05, 3.63) is 0 Å². The molecule has 1 saturated heterocycles. The molecule has 0 aromatic rings. The summed E-state index contributed by atoms with van der Waals surface area (Å²) in [6, 6.07) is -0.924. The summed E-state index contributed by atoms with van der Waals surface area (Å²) in [5.74, 6) is -3.43. The number of hydrogen-bond donors (Lipinski definition) is 3. The third-order valence-corrected chi connectivity index (χ3v) is 1.94. The van der Waals surface area contributed by atoms with Gasteiger partial charge in [0, 0.05) is 0 Å². The molecule has 19 heavy (non-hydrogen) atoms. The maximum atomic E-state index is 11.5. The van der Waals surface area contributed by atoms with Gasteiger partial charge in [0.05, 0.1) is 0 Å². The highest BCUT2D eigenvalue weighted by Gasteiger charge is 2.27. The molecular weight excluding hydrogens is 262 g/mol. The Morgan fingerprint density at radius 3 is 2.32 bits per heavy atom. The largest absolute Gasteiger partial charge is 0.480 e. The second-order valence-corrected chi connectivity index (χ2v) is 3.57. The first kappa shape index (κ1) is 14.6. The number of carboxylic acid groups (broad SMARTS) is 1. The minimum Gasteiger partial charge on any atom is -0.480 e. The molecule has 0 aromatic heterocycles. The lowest BCUT2D eigenvalue weighted by Crippen LogP contribution is -2.56. The summed E-state index contributed by atoms with van der Waals surface area (Å²) in [5, 5.41) is 12.1. The monoisotopic (exact) mass is 273 g/mol. The van der Waals surface area contributed by atoms with Gasteiger partial charge in [0.25, 0.3) is 5.91 Å². The predicted octanol–water partition coefficient (Wildman–Crippen LogP) is -2.72. The van der Waals surface area contributed by atoms with Crippen molar-refractivity contribution in [1.29, 1.82) is 0 Å². The number of carbonyl (C=O) groups excluding carboxylic acids is 4. The van der Waals surface area contributed by atoms with Crippen molar-refractivity contribution in [2.75, 3.05) is 26.3 Å². The van der Waals surface area contributed by atoms with E-state index in [1.165, 1.54) is 0 Å². The van der Waals surface area contributed by atoms with Gasteiger partial charge >= 0.3 is 12.0 Å². The minimum atomic E-state index is -1.25. The van der Waals surface area contributed by atoms with E-state index in [9.17, 15) is 24.0 Å². The Kier molecular flexibility index (Phi) is 4.94. The molecule has 0 unspecified atom stereocenters. The van der Waals surface area contributed by atoms with Crippen LogP contribution in [0.3, 0.4) is 0 Å². The topological polar surface area (TPSA) is 142 Å². The van der Waals surface area contributed by atoms with E-state index in [0.29, 0.717) is 0 Å². The zero-order valence-electron chi connectivity index (χ0n) is 9.67. The molecule has 3 N–H and O–H groups in total. The minimum absolute atomic E-state index is 0.346. The number of imide groups is 2. The number of hydrogen-bond acceptors (Lipinski definition) is 6. The van der Waals surface area contributed by atoms with Gasteiger partial charge in [0.2, 0.25) is 11.8 Å². The smallest absolute Gasteiger partial charge is 0.329 e. The summed E-state index contributed by atoms with van der Waals surface area (Å²) < 4.78 is 4.46. The predicted molar refractivity (Wildman–Crippen MR) is 56.7 cm³/mol. The molecular formula is C9H11N3O7. The maximum absolute atomic E-state index is 11.5. The molecule has 0 atom stereocenters. The average molecular weight is 273 g/mol. The zero-order chi connectivity index (χ0) is 14.4. The highest BCUT2D eigenvalue weighted by atomic mass is 16.5. The van der Waals surface area contributed by atoms with Crippen molar-refractivity contribution < 1.29 is 33.8 Å². The molecule has 104 valence electrons. The number of aliphatic carboxylic acids is 1. The van der Waals surface area contributed by atoms with E-state index in [4.69, 9.17) is 5.11 Å². The Morgan fingerprint density at radius 1 is 1.21 bits per heavy atom. The number of amides is 5.